The van der Waals surface area contributed by atoms with Crippen LogP contribution in [0.5, 0.6) is 5.75 Å². The van der Waals surface area contributed by atoms with Crippen LogP contribution in [0.2, 0.25) is 0 Å². The van der Waals surface area contributed by atoms with Gasteiger partial charge in [-0.25, -0.2) is 4.98 Å². The summed E-state index contributed by atoms with van der Waals surface area (Å²) in [5.41, 5.74) is 4.57. The van der Waals surface area contributed by atoms with Crippen LogP contribution in [0.4, 0.5) is 5.00 Å². The molecular formula is C25H26ClN3O2S2. The zero-order valence-corrected chi connectivity index (χ0v) is 21.0. The van der Waals surface area contributed by atoms with Crippen molar-refractivity contribution in [2.45, 2.75) is 26.8 Å². The van der Waals surface area contributed by atoms with Gasteiger partial charge in [-0.2, -0.15) is 0 Å². The summed E-state index contributed by atoms with van der Waals surface area (Å²) in [4.78, 5) is 21.4. The number of thiophene rings is 1. The van der Waals surface area contributed by atoms with Gasteiger partial charge in [0.1, 0.15) is 15.8 Å². The Hall–Kier alpha value is -2.45. The van der Waals surface area contributed by atoms with E-state index in [9.17, 15) is 4.79 Å². The second-order valence-corrected chi connectivity index (χ2v) is 10.1. The smallest absolute Gasteiger partial charge is 0.262 e. The molecule has 0 aliphatic carbocycles. The largest absolute Gasteiger partial charge is 0.484 e. The normalized spacial score (nSPS) is 13.4. The van der Waals surface area contributed by atoms with Gasteiger partial charge in [0.25, 0.3) is 5.91 Å². The number of benzene rings is 2. The van der Waals surface area contributed by atoms with E-state index in [0.29, 0.717) is 5.75 Å². The fourth-order valence-electron chi connectivity index (χ4n) is 3.97. The van der Waals surface area contributed by atoms with Gasteiger partial charge in [-0.1, -0.05) is 36.8 Å². The minimum Gasteiger partial charge on any atom is -0.484 e. The third-order valence-electron chi connectivity index (χ3n) is 5.73. The molecule has 5 rings (SSSR count). The van der Waals surface area contributed by atoms with Crippen molar-refractivity contribution in [2.24, 2.45) is 0 Å². The molecule has 1 amide bonds. The van der Waals surface area contributed by atoms with E-state index in [1.165, 1.54) is 10.4 Å². The topological polar surface area (TPSA) is 54.5 Å². The number of ether oxygens (including phenoxy) is 1. The maximum absolute atomic E-state index is 12.8. The number of aryl methyl sites for hydroxylation is 1. The second kappa shape index (κ2) is 10.2. The number of nitrogens with one attached hydrogen (secondary N) is 1. The number of likely N-dealkylation sites (N-methyl/N-ethyl adjacent to an activating group) is 1. The Kier molecular flexibility index (Phi) is 7.34. The SMILES string of the molecule is CCN1CCc2c(sc(NC(=O)COc3ccc(C)cc3)c2-c2nc3ccccc3s2)C1.Cl. The number of hydrogen-bond donors (Lipinski definition) is 1. The highest BCUT2D eigenvalue weighted by Gasteiger charge is 2.27. The number of rotatable bonds is 6. The maximum Gasteiger partial charge on any atom is 0.262 e. The zero-order chi connectivity index (χ0) is 22.1. The lowest BCUT2D eigenvalue weighted by Gasteiger charge is -2.25. The summed E-state index contributed by atoms with van der Waals surface area (Å²) in [6, 6.07) is 15.9. The first kappa shape index (κ1) is 23.7. The molecule has 0 saturated carbocycles. The molecule has 0 saturated heterocycles. The van der Waals surface area contributed by atoms with Crippen LogP contribution in [-0.4, -0.2) is 35.5 Å². The summed E-state index contributed by atoms with van der Waals surface area (Å²) in [6.07, 6.45) is 0.973. The van der Waals surface area contributed by atoms with Crippen molar-refractivity contribution < 1.29 is 9.53 Å². The maximum atomic E-state index is 12.8. The van der Waals surface area contributed by atoms with Crippen LogP contribution >= 0.6 is 35.1 Å². The molecule has 1 N–H and O–H groups in total. The summed E-state index contributed by atoms with van der Waals surface area (Å²) >= 11 is 3.36. The fraction of sp³-hybridized carbons (Fsp3) is 0.280. The van der Waals surface area contributed by atoms with E-state index in [2.05, 4.69) is 23.2 Å². The molecule has 3 heterocycles. The van der Waals surface area contributed by atoms with Gasteiger partial charge >= 0.3 is 0 Å². The molecule has 2 aromatic carbocycles. The predicted octanol–water partition coefficient (Wildman–Crippen LogP) is 6.15. The van der Waals surface area contributed by atoms with E-state index < -0.39 is 0 Å². The first-order valence-electron chi connectivity index (χ1n) is 10.8. The molecule has 0 spiro atoms. The summed E-state index contributed by atoms with van der Waals surface area (Å²) in [5, 5.41) is 4.98. The molecule has 1 aliphatic rings. The van der Waals surface area contributed by atoms with Crippen molar-refractivity contribution in [3.63, 3.8) is 0 Å². The number of hydrogen-bond acceptors (Lipinski definition) is 6. The summed E-state index contributed by atoms with van der Waals surface area (Å²) in [6.45, 7) is 7.18. The van der Waals surface area contributed by atoms with Crippen molar-refractivity contribution in [1.82, 2.24) is 9.88 Å². The van der Waals surface area contributed by atoms with Gasteiger partial charge < -0.3 is 10.1 Å². The number of para-hydroxylation sites is 1. The first-order chi connectivity index (χ1) is 15.6. The molecule has 8 heteroatoms. The monoisotopic (exact) mass is 499 g/mol. The summed E-state index contributed by atoms with van der Waals surface area (Å²) in [7, 11) is 0. The molecule has 0 unspecified atom stereocenters. The van der Waals surface area contributed by atoms with Gasteiger partial charge in [0.15, 0.2) is 6.61 Å². The van der Waals surface area contributed by atoms with E-state index in [1.54, 1.807) is 22.7 Å². The Morgan fingerprint density at radius 3 is 2.70 bits per heavy atom. The number of carbonyl (C=O) groups is 1. The highest BCUT2D eigenvalue weighted by molar-refractivity contribution is 7.22. The van der Waals surface area contributed by atoms with E-state index in [1.807, 2.05) is 49.4 Å². The van der Waals surface area contributed by atoms with Crippen LogP contribution < -0.4 is 10.1 Å². The predicted molar refractivity (Wildman–Crippen MR) is 140 cm³/mol. The van der Waals surface area contributed by atoms with Crippen molar-refractivity contribution in [3.8, 4) is 16.3 Å². The molecule has 0 bridgehead atoms. The Bertz CT molecular complexity index is 1230. The molecule has 1 aliphatic heterocycles. The van der Waals surface area contributed by atoms with Crippen molar-refractivity contribution in [2.75, 3.05) is 25.0 Å². The highest BCUT2D eigenvalue weighted by atomic mass is 35.5. The van der Waals surface area contributed by atoms with Gasteiger partial charge in [-0.15, -0.1) is 35.1 Å². The van der Waals surface area contributed by atoms with Crippen molar-refractivity contribution in [1.29, 1.82) is 0 Å². The van der Waals surface area contributed by atoms with Crippen LogP contribution in [0.15, 0.2) is 48.5 Å². The number of anilines is 1. The molecule has 0 atom stereocenters. The number of amides is 1. The number of aromatic nitrogens is 1. The molecule has 2 aromatic heterocycles. The molecule has 5 nitrogen and oxygen atoms in total. The molecule has 4 aromatic rings. The Labute approximate surface area is 207 Å². The highest BCUT2D eigenvalue weighted by Crippen LogP contribution is 2.45. The number of carbonyl (C=O) groups excluding carboxylic acids is 1. The van der Waals surface area contributed by atoms with Gasteiger partial charge in [-0.3, -0.25) is 9.69 Å². The van der Waals surface area contributed by atoms with Crippen molar-refractivity contribution in [3.05, 3.63) is 64.5 Å². The molecular weight excluding hydrogens is 474 g/mol. The van der Waals surface area contributed by atoms with Crippen LogP contribution in [0, 0.1) is 6.92 Å². The molecule has 0 fully saturated rings. The second-order valence-electron chi connectivity index (χ2n) is 7.96. The summed E-state index contributed by atoms with van der Waals surface area (Å²) < 4.78 is 6.86. The molecule has 33 heavy (non-hydrogen) atoms. The van der Waals surface area contributed by atoms with Crippen molar-refractivity contribution >= 4 is 56.2 Å². The quantitative estimate of drug-likeness (QED) is 0.345. The van der Waals surface area contributed by atoms with E-state index in [0.717, 1.165) is 57.4 Å². The third kappa shape index (κ3) is 5.06. The number of nitrogens with zero attached hydrogens (tertiary/aromatic N) is 2. The Balaban J connectivity index is 0.00000259. The lowest BCUT2D eigenvalue weighted by Crippen LogP contribution is -2.29. The zero-order valence-electron chi connectivity index (χ0n) is 18.6. The number of thiazole rings is 1. The first-order valence-corrected chi connectivity index (χ1v) is 12.5. The van der Waals surface area contributed by atoms with Crippen LogP contribution in [0.25, 0.3) is 20.8 Å². The van der Waals surface area contributed by atoms with E-state index in [4.69, 9.17) is 9.72 Å². The van der Waals surface area contributed by atoms with E-state index in [-0.39, 0.29) is 24.9 Å². The van der Waals surface area contributed by atoms with Crippen LogP contribution in [0.3, 0.4) is 0 Å². The molecule has 0 radical (unpaired) electrons. The van der Waals surface area contributed by atoms with Gasteiger partial charge in [0, 0.05) is 23.5 Å². The third-order valence-corrected chi connectivity index (χ3v) is 7.92. The fourth-order valence-corrected chi connectivity index (χ4v) is 6.38. The summed E-state index contributed by atoms with van der Waals surface area (Å²) in [5.74, 6) is 0.542. The lowest BCUT2D eigenvalue weighted by atomic mass is 10.0. The van der Waals surface area contributed by atoms with Crippen LogP contribution in [-0.2, 0) is 17.8 Å². The number of fused-ring (bicyclic) bond motifs is 2. The average Bonchev–Trinajstić information content (AvgIpc) is 3.38. The van der Waals surface area contributed by atoms with Crippen LogP contribution in [0.1, 0.15) is 22.9 Å². The van der Waals surface area contributed by atoms with E-state index >= 15 is 0 Å². The van der Waals surface area contributed by atoms with Gasteiger partial charge in [0.05, 0.1) is 10.2 Å². The minimum atomic E-state index is -0.154. The van der Waals surface area contributed by atoms with Gasteiger partial charge in [0.2, 0.25) is 0 Å². The standard InChI is InChI=1S/C25H25N3O2S2.ClH/c1-3-28-13-12-18-21(14-28)32-25(23(18)24-26-19-6-4-5-7-20(19)31-24)27-22(29)15-30-17-10-8-16(2)9-11-17;/h4-11H,3,12-15H2,1-2H3,(H,27,29);1H. The lowest BCUT2D eigenvalue weighted by molar-refractivity contribution is -0.118. The minimum absolute atomic E-state index is 0. The van der Waals surface area contributed by atoms with Gasteiger partial charge in [-0.05, 0) is 49.7 Å². The molecule has 172 valence electrons. The Morgan fingerprint density at radius 1 is 1.15 bits per heavy atom. The Morgan fingerprint density at radius 2 is 1.94 bits per heavy atom. The average molecular weight is 500 g/mol. The number of halogens is 1.